The third-order valence-electron chi connectivity index (χ3n) is 7.03. The number of aromatic carboxylic acids is 1. The average Bonchev–Trinajstić information content (AvgIpc) is 3.17. The minimum Gasteiger partial charge on any atom is -0.478 e. The van der Waals surface area contributed by atoms with Crippen molar-refractivity contribution in [2.75, 3.05) is 11.9 Å². The number of hydrogen-bond acceptors (Lipinski definition) is 5. The first-order valence-corrected chi connectivity index (χ1v) is 13.3. The summed E-state index contributed by atoms with van der Waals surface area (Å²) < 4.78 is 15.4. The van der Waals surface area contributed by atoms with Gasteiger partial charge in [-0.05, 0) is 86.1 Å². The average molecular weight is 542 g/mol. The first kappa shape index (κ1) is 26.4. The number of anilines is 1. The van der Waals surface area contributed by atoms with E-state index in [1.807, 2.05) is 49.2 Å². The second-order valence-corrected chi connectivity index (χ2v) is 11.2. The summed E-state index contributed by atoms with van der Waals surface area (Å²) in [5.41, 5.74) is 4.48. The number of aliphatic imine (C=N–C) groups is 1. The summed E-state index contributed by atoms with van der Waals surface area (Å²) >= 11 is 1.19. The van der Waals surface area contributed by atoms with E-state index in [9.17, 15) is 14.7 Å². The molecule has 1 fully saturated rings. The summed E-state index contributed by atoms with van der Waals surface area (Å²) in [4.78, 5) is 33.5. The Kier molecular flexibility index (Phi) is 6.91. The minimum atomic E-state index is -1.02. The van der Waals surface area contributed by atoms with Crippen molar-refractivity contribution in [2.24, 2.45) is 4.99 Å². The highest BCUT2D eigenvalue weighted by atomic mass is 32.2. The molecule has 3 aromatic carbocycles. The van der Waals surface area contributed by atoms with Crippen molar-refractivity contribution in [1.29, 1.82) is 0 Å². The third-order valence-corrected chi connectivity index (χ3v) is 8.04. The summed E-state index contributed by atoms with van der Waals surface area (Å²) in [6.07, 6.45) is 3.74. The molecule has 1 amide bonds. The monoisotopic (exact) mass is 541 g/mol. The van der Waals surface area contributed by atoms with Crippen LogP contribution in [0.2, 0.25) is 0 Å². The van der Waals surface area contributed by atoms with Crippen LogP contribution in [0.4, 0.5) is 15.8 Å². The number of benzene rings is 3. The summed E-state index contributed by atoms with van der Waals surface area (Å²) in [6.45, 7) is 6.37. The van der Waals surface area contributed by atoms with Crippen LogP contribution in [0.25, 0.3) is 11.6 Å². The van der Waals surface area contributed by atoms with E-state index in [-0.39, 0.29) is 23.6 Å². The molecule has 39 heavy (non-hydrogen) atoms. The van der Waals surface area contributed by atoms with Crippen molar-refractivity contribution in [1.82, 2.24) is 4.90 Å². The van der Waals surface area contributed by atoms with E-state index in [4.69, 9.17) is 4.99 Å². The molecule has 0 aromatic heterocycles. The number of carboxylic acids is 1. The zero-order chi connectivity index (χ0) is 27.9. The van der Waals surface area contributed by atoms with Gasteiger partial charge in [0.25, 0.3) is 5.91 Å². The fourth-order valence-electron chi connectivity index (χ4n) is 4.72. The van der Waals surface area contributed by atoms with E-state index >= 15 is 4.39 Å². The van der Waals surface area contributed by atoms with Gasteiger partial charge < -0.3 is 10.0 Å². The van der Waals surface area contributed by atoms with Crippen molar-refractivity contribution in [3.8, 4) is 0 Å². The lowest BCUT2D eigenvalue weighted by atomic mass is 9.88. The van der Waals surface area contributed by atoms with Crippen LogP contribution in [0.5, 0.6) is 0 Å². The van der Waals surface area contributed by atoms with Gasteiger partial charge in [-0.3, -0.25) is 9.69 Å². The Morgan fingerprint density at radius 2 is 1.79 bits per heavy atom. The van der Waals surface area contributed by atoms with E-state index in [0.29, 0.717) is 21.3 Å². The number of hydrogen-bond donors (Lipinski definition) is 1. The fraction of sp³-hybridized carbons (Fsp3) is 0.194. The van der Waals surface area contributed by atoms with Gasteiger partial charge in [-0.2, -0.15) is 0 Å². The van der Waals surface area contributed by atoms with Gasteiger partial charge in [-0.1, -0.05) is 36.4 Å². The summed E-state index contributed by atoms with van der Waals surface area (Å²) in [7, 11) is 1.95. The Morgan fingerprint density at radius 1 is 1.10 bits per heavy atom. The lowest BCUT2D eigenvalue weighted by Gasteiger charge is -2.40. The molecule has 3 aromatic rings. The summed E-state index contributed by atoms with van der Waals surface area (Å²) in [5.74, 6) is -1.71. The van der Waals surface area contributed by atoms with Gasteiger partial charge in [-0.15, -0.1) is 0 Å². The van der Waals surface area contributed by atoms with Crippen molar-refractivity contribution in [2.45, 2.75) is 32.9 Å². The van der Waals surface area contributed by atoms with Crippen molar-refractivity contribution in [3.63, 3.8) is 0 Å². The zero-order valence-electron chi connectivity index (χ0n) is 22.1. The molecule has 2 heterocycles. The van der Waals surface area contributed by atoms with Crippen molar-refractivity contribution >= 4 is 51.8 Å². The standard InChI is InChI=1S/C31H28FN3O3S/c1-19-17-31(2,3)34(4)26-16-25(32)22(14-24(19)26)15-27-28(36)35(18-20-10-12-21(13-11-20)29(37)38)30(39-27)33-23-8-6-5-7-9-23/h5-17H,18H2,1-4H3,(H,37,38)/b27-15+,33-30?. The molecule has 1 N–H and O–H groups in total. The first-order chi connectivity index (χ1) is 18.5. The van der Waals surface area contributed by atoms with Gasteiger partial charge in [-0.25, -0.2) is 14.2 Å². The van der Waals surface area contributed by atoms with E-state index < -0.39 is 11.8 Å². The van der Waals surface area contributed by atoms with Gasteiger partial charge >= 0.3 is 5.97 Å². The van der Waals surface area contributed by atoms with Crippen LogP contribution in [0.1, 0.15) is 47.8 Å². The Balaban J connectivity index is 1.52. The van der Waals surface area contributed by atoms with E-state index in [1.165, 1.54) is 34.9 Å². The van der Waals surface area contributed by atoms with Gasteiger partial charge in [0.05, 0.1) is 28.2 Å². The fourth-order valence-corrected chi connectivity index (χ4v) is 5.71. The number of carboxylic acid groups (broad SMARTS) is 1. The van der Waals surface area contributed by atoms with Crippen molar-refractivity contribution < 1.29 is 19.1 Å². The van der Waals surface area contributed by atoms with Crippen LogP contribution in [0.15, 0.2) is 82.7 Å². The number of para-hydroxylation sites is 1. The normalized spacial score (nSPS) is 18.5. The number of halogens is 1. The lowest BCUT2D eigenvalue weighted by molar-refractivity contribution is -0.122. The number of thioether (sulfide) groups is 1. The molecule has 8 heteroatoms. The molecule has 0 atom stereocenters. The number of carbonyl (C=O) groups excluding carboxylic acids is 1. The lowest BCUT2D eigenvalue weighted by Crippen LogP contribution is -2.42. The van der Waals surface area contributed by atoms with E-state index in [2.05, 4.69) is 19.9 Å². The van der Waals surface area contributed by atoms with Gasteiger partial charge in [0.2, 0.25) is 0 Å². The SMILES string of the molecule is CC1=CC(C)(C)N(C)c2cc(F)c(/C=C3/SC(=Nc4ccccc4)N(Cc4ccc(C(=O)O)cc4)C3=O)cc21. The van der Waals surface area contributed by atoms with Crippen LogP contribution in [0, 0.1) is 5.82 Å². The number of rotatable bonds is 5. The minimum absolute atomic E-state index is 0.167. The molecule has 198 valence electrons. The summed E-state index contributed by atoms with van der Waals surface area (Å²) in [5, 5.41) is 9.67. The topological polar surface area (TPSA) is 73.2 Å². The molecule has 2 aliphatic heterocycles. The first-order valence-electron chi connectivity index (χ1n) is 12.5. The van der Waals surface area contributed by atoms with Crippen LogP contribution in [-0.2, 0) is 11.3 Å². The van der Waals surface area contributed by atoms with Crippen LogP contribution in [-0.4, -0.2) is 39.6 Å². The molecule has 0 unspecified atom stereocenters. The smallest absolute Gasteiger partial charge is 0.335 e. The number of carbonyl (C=O) groups is 2. The maximum Gasteiger partial charge on any atom is 0.335 e. The van der Waals surface area contributed by atoms with Crippen molar-refractivity contribution in [3.05, 3.63) is 106 Å². The molecule has 5 rings (SSSR count). The highest BCUT2D eigenvalue weighted by molar-refractivity contribution is 8.18. The maximum atomic E-state index is 15.4. The maximum absolute atomic E-state index is 15.4. The molecule has 6 nitrogen and oxygen atoms in total. The molecule has 0 bridgehead atoms. The number of nitrogens with zero attached hydrogens (tertiary/aromatic N) is 3. The highest BCUT2D eigenvalue weighted by Crippen LogP contribution is 2.41. The van der Waals surface area contributed by atoms with Gasteiger partial charge in [0, 0.05) is 23.9 Å². The predicted molar refractivity (Wildman–Crippen MR) is 156 cm³/mol. The second kappa shape index (κ2) is 10.2. The Hall–Kier alpha value is -4.17. The Labute approximate surface area is 231 Å². The number of fused-ring (bicyclic) bond motifs is 1. The molecule has 0 saturated carbocycles. The highest BCUT2D eigenvalue weighted by Gasteiger charge is 2.34. The Bertz CT molecular complexity index is 1560. The van der Waals surface area contributed by atoms with E-state index in [0.717, 1.165) is 22.4 Å². The molecule has 0 radical (unpaired) electrons. The predicted octanol–water partition coefficient (Wildman–Crippen LogP) is 6.96. The van der Waals surface area contributed by atoms with Crippen LogP contribution < -0.4 is 4.90 Å². The van der Waals surface area contributed by atoms with Crippen LogP contribution in [0.3, 0.4) is 0 Å². The number of likely N-dealkylation sites (N-methyl/N-ethyl adjacent to an activating group) is 1. The molecular formula is C31H28FN3O3S. The third kappa shape index (κ3) is 5.25. The van der Waals surface area contributed by atoms with Gasteiger partial charge in [0.15, 0.2) is 5.17 Å². The summed E-state index contributed by atoms with van der Waals surface area (Å²) in [6, 6.07) is 19.0. The molecule has 1 saturated heterocycles. The van der Waals surface area contributed by atoms with E-state index in [1.54, 1.807) is 24.3 Å². The molecule has 0 spiro atoms. The number of amides is 1. The van der Waals surface area contributed by atoms with Crippen LogP contribution >= 0.6 is 11.8 Å². The second-order valence-electron chi connectivity index (χ2n) is 10.2. The number of allylic oxidation sites excluding steroid dienone is 1. The largest absolute Gasteiger partial charge is 0.478 e. The Morgan fingerprint density at radius 3 is 2.46 bits per heavy atom. The molecular weight excluding hydrogens is 513 g/mol. The molecule has 0 aliphatic carbocycles. The zero-order valence-corrected chi connectivity index (χ0v) is 22.9. The number of amidine groups is 1. The molecule has 2 aliphatic rings. The quantitative estimate of drug-likeness (QED) is 0.354. The van der Waals surface area contributed by atoms with Gasteiger partial charge in [0.1, 0.15) is 5.82 Å².